The molecule has 0 bridgehead atoms. The average Bonchev–Trinajstić information content (AvgIpc) is 2.13. The number of nitrogens with one attached hydrogen (secondary N) is 1. The molecule has 1 aromatic rings. The summed E-state index contributed by atoms with van der Waals surface area (Å²) in [6.45, 7) is 6.22. The van der Waals surface area contributed by atoms with Gasteiger partial charge in [0.2, 0.25) is 0 Å². The third-order valence-corrected chi connectivity index (χ3v) is 3.72. The summed E-state index contributed by atoms with van der Waals surface area (Å²) in [7, 11) is -1.80. The zero-order valence-electron chi connectivity index (χ0n) is 11.2. The van der Waals surface area contributed by atoms with E-state index in [1.54, 1.807) is 0 Å². The van der Waals surface area contributed by atoms with Crippen molar-refractivity contribution in [3.05, 3.63) is 17.7 Å². The summed E-state index contributed by atoms with van der Waals surface area (Å²) in [6.07, 6.45) is 1.13. The normalized spacial score (nSPS) is 12.3. The van der Waals surface area contributed by atoms with Crippen molar-refractivity contribution in [2.75, 3.05) is 18.1 Å². The van der Waals surface area contributed by atoms with Crippen LogP contribution in [0.15, 0.2) is 12.1 Å². The van der Waals surface area contributed by atoms with Crippen LogP contribution in [-0.4, -0.2) is 38.6 Å². The van der Waals surface area contributed by atoms with Crippen molar-refractivity contribution in [3.63, 3.8) is 0 Å². The van der Waals surface area contributed by atoms with Crippen LogP contribution in [0.4, 0.5) is 5.69 Å². The van der Waals surface area contributed by atoms with Crippen molar-refractivity contribution < 1.29 is 13.2 Å². The Morgan fingerprint density at radius 3 is 2.22 bits per heavy atom. The molecule has 0 saturated carbocycles. The van der Waals surface area contributed by atoms with Gasteiger partial charge in [-0.15, -0.1) is 0 Å². The number of hydrogen-bond donors (Lipinski definition) is 1. The third kappa shape index (κ3) is 3.92. The van der Waals surface area contributed by atoms with E-state index >= 15 is 0 Å². The molecule has 100 valence electrons. The minimum atomic E-state index is -3.33. The molecule has 0 aliphatic rings. The van der Waals surface area contributed by atoms with Crippen LogP contribution in [-0.2, 0) is 15.4 Å². The first-order chi connectivity index (χ1) is 8.04. The second-order valence-electron chi connectivity index (χ2n) is 5.20. The fraction of sp³-hybridized carbons (Fsp3) is 0.500. The molecule has 0 atom stereocenters. The average molecular weight is 331 g/mol. The van der Waals surface area contributed by atoms with Crippen LogP contribution in [0.5, 0.6) is 5.75 Å². The molecule has 6 heteroatoms. The molecule has 0 aliphatic heterocycles. The fourth-order valence-electron chi connectivity index (χ4n) is 1.54. The van der Waals surface area contributed by atoms with Gasteiger partial charge < -0.3 is 0 Å². The van der Waals surface area contributed by atoms with Crippen molar-refractivity contribution in [1.82, 2.24) is 0 Å². The number of rotatable bonds is 3. The minimum absolute atomic E-state index is 0.0606. The van der Waals surface area contributed by atoms with Gasteiger partial charge in [-0.3, -0.25) is 0 Å². The maximum atomic E-state index is 11.4. The molecule has 0 aromatic heterocycles. The molecule has 2 radical (unpaired) electrons. The van der Waals surface area contributed by atoms with E-state index in [0.717, 1.165) is 16.2 Å². The van der Waals surface area contributed by atoms with E-state index in [2.05, 4.69) is 42.3 Å². The first kappa shape index (κ1) is 15.4. The topological polar surface area (TPSA) is 55.4 Å². The number of anilines is 1. The monoisotopic (exact) mass is 331 g/mol. The molecule has 0 aliphatic carbocycles. The van der Waals surface area contributed by atoms with E-state index in [4.69, 9.17) is 4.74 Å². The van der Waals surface area contributed by atoms with E-state index < -0.39 is 10.0 Å². The van der Waals surface area contributed by atoms with Crippen LogP contribution >= 0.6 is 0 Å². The molecule has 0 spiro atoms. The van der Waals surface area contributed by atoms with Crippen molar-refractivity contribution >= 4 is 36.9 Å². The number of methoxy groups -OCH3 is 1. The second-order valence-corrected chi connectivity index (χ2v) is 7.96. The van der Waals surface area contributed by atoms with Gasteiger partial charge in [-0.25, -0.2) is 0 Å². The quantitative estimate of drug-likeness (QED) is 0.846. The summed E-state index contributed by atoms with van der Waals surface area (Å²) >= 11 is 2.40. The number of benzene rings is 1. The zero-order valence-corrected chi connectivity index (χ0v) is 13.9. The number of sulfonamides is 1. The predicted molar refractivity (Wildman–Crippen MR) is 75.5 cm³/mol. The Kier molecular flexibility index (Phi) is 4.39. The van der Waals surface area contributed by atoms with Crippen molar-refractivity contribution in [1.29, 1.82) is 0 Å². The first-order valence-electron chi connectivity index (χ1n) is 5.44. The molecule has 1 aromatic carbocycles. The summed E-state index contributed by atoms with van der Waals surface area (Å²) in [5, 5.41) is 0. The summed E-state index contributed by atoms with van der Waals surface area (Å²) in [5.74, 6) is 0.536. The van der Waals surface area contributed by atoms with Crippen LogP contribution in [0, 0.1) is 0 Å². The molecule has 1 N–H and O–H groups in total. The standard InChI is InChI=1S/C12H18AsNO3S/c1-12(2,3)8-6-9(13)11(17-4)10(7-8)14-18(5,15)16/h6-7,14H,1-5H3. The van der Waals surface area contributed by atoms with E-state index in [1.165, 1.54) is 7.11 Å². The summed E-state index contributed by atoms with van der Waals surface area (Å²) in [5.41, 5.74) is 1.46. The van der Waals surface area contributed by atoms with E-state index in [0.29, 0.717) is 11.4 Å². The number of ether oxygens (including phenoxy) is 1. The molecule has 18 heavy (non-hydrogen) atoms. The molecule has 4 nitrogen and oxygen atoms in total. The Morgan fingerprint density at radius 2 is 1.83 bits per heavy atom. The summed E-state index contributed by atoms with van der Waals surface area (Å²) in [4.78, 5) is 0. The van der Waals surface area contributed by atoms with Crippen molar-refractivity contribution in [2.24, 2.45) is 0 Å². The van der Waals surface area contributed by atoms with Gasteiger partial charge in [0.05, 0.1) is 0 Å². The van der Waals surface area contributed by atoms with E-state index in [1.807, 2.05) is 12.1 Å². The van der Waals surface area contributed by atoms with Gasteiger partial charge in [0.25, 0.3) is 0 Å². The Labute approximate surface area is 118 Å². The Morgan fingerprint density at radius 1 is 1.28 bits per heavy atom. The second kappa shape index (κ2) is 5.14. The fourth-order valence-corrected chi connectivity index (χ4v) is 2.82. The van der Waals surface area contributed by atoms with Crippen LogP contribution in [0.25, 0.3) is 0 Å². The van der Waals surface area contributed by atoms with Crippen LogP contribution in [0.3, 0.4) is 0 Å². The van der Waals surface area contributed by atoms with Gasteiger partial charge in [0.15, 0.2) is 0 Å². The Hall–Kier alpha value is -0.672. The van der Waals surface area contributed by atoms with Crippen LogP contribution < -0.4 is 13.8 Å². The third-order valence-electron chi connectivity index (χ3n) is 2.43. The molecule has 0 fully saturated rings. The van der Waals surface area contributed by atoms with Crippen LogP contribution in [0.2, 0.25) is 0 Å². The molecular weight excluding hydrogens is 313 g/mol. The van der Waals surface area contributed by atoms with Crippen molar-refractivity contribution in [3.8, 4) is 5.75 Å². The molecule has 1 rings (SSSR count). The van der Waals surface area contributed by atoms with Gasteiger partial charge in [-0.05, 0) is 0 Å². The van der Waals surface area contributed by atoms with Crippen LogP contribution in [0.1, 0.15) is 26.3 Å². The van der Waals surface area contributed by atoms with Crippen molar-refractivity contribution in [2.45, 2.75) is 26.2 Å². The molecule has 0 amide bonds. The molecular formula is C12H18AsNO3S. The van der Waals surface area contributed by atoms with E-state index in [-0.39, 0.29) is 5.41 Å². The molecule has 0 saturated heterocycles. The van der Waals surface area contributed by atoms with Gasteiger partial charge >= 0.3 is 118 Å². The van der Waals surface area contributed by atoms with E-state index in [9.17, 15) is 8.42 Å². The molecule has 0 unspecified atom stereocenters. The predicted octanol–water partition coefficient (Wildman–Crippen LogP) is 1.16. The van der Waals surface area contributed by atoms with Gasteiger partial charge in [-0.1, -0.05) is 0 Å². The number of hydrogen-bond acceptors (Lipinski definition) is 3. The maximum absolute atomic E-state index is 11.4. The summed E-state index contributed by atoms with van der Waals surface area (Å²) < 4.78 is 31.3. The first-order valence-corrected chi connectivity index (χ1v) is 8.27. The Bertz CT molecular complexity index is 547. The summed E-state index contributed by atoms with van der Waals surface area (Å²) in [6, 6.07) is 3.81. The van der Waals surface area contributed by atoms with Gasteiger partial charge in [-0.2, -0.15) is 0 Å². The zero-order chi connectivity index (χ0) is 14.1. The van der Waals surface area contributed by atoms with Gasteiger partial charge in [0.1, 0.15) is 0 Å². The molecule has 0 heterocycles. The Balaban J connectivity index is 3.42. The SMILES string of the molecule is COc1c([As])cc(C(C)(C)C)cc1NS(C)(=O)=O. The van der Waals surface area contributed by atoms with Gasteiger partial charge in [0, 0.05) is 0 Å².